The number of rotatable bonds is 10. The Balaban J connectivity index is 1.60. The van der Waals surface area contributed by atoms with Crippen LogP contribution in [0.1, 0.15) is 72.9 Å². The zero-order chi connectivity index (χ0) is 29.1. The monoisotopic (exact) mass is 550 g/mol. The lowest BCUT2D eigenvalue weighted by molar-refractivity contribution is -0.671. The predicted molar refractivity (Wildman–Crippen MR) is 180 cm³/mol. The third-order valence-electron chi connectivity index (χ3n) is 8.65. The van der Waals surface area contributed by atoms with Crippen LogP contribution >= 0.6 is 0 Å². The molecule has 0 aliphatic carbocycles. The molecule has 0 radical (unpaired) electrons. The van der Waals surface area contributed by atoms with E-state index in [4.69, 9.17) is 0 Å². The summed E-state index contributed by atoms with van der Waals surface area (Å²) in [6.07, 6.45) is 24.6. The molecule has 0 saturated carbocycles. The molecular formula is C40H42N2+2. The summed E-state index contributed by atoms with van der Waals surface area (Å²) in [5, 5.41) is 8.38. The lowest BCUT2D eigenvalue weighted by Crippen LogP contribution is -2.25. The van der Waals surface area contributed by atoms with E-state index in [0.717, 1.165) is 12.8 Å². The Morgan fingerprint density at radius 1 is 0.500 bits per heavy atom. The fraction of sp³-hybridized carbons (Fsp3) is 0.250. The predicted octanol–water partition coefficient (Wildman–Crippen LogP) is 9.26. The van der Waals surface area contributed by atoms with Gasteiger partial charge in [0.2, 0.25) is 0 Å². The quantitative estimate of drug-likeness (QED) is 0.119. The molecule has 0 spiro atoms. The van der Waals surface area contributed by atoms with Gasteiger partial charge in [-0.3, -0.25) is 0 Å². The average molecular weight is 551 g/mol. The summed E-state index contributed by atoms with van der Waals surface area (Å²) in [4.78, 5) is 0. The number of aromatic nitrogens is 2. The molecule has 6 aromatic rings. The number of nitrogens with zero attached hydrogens (tertiary/aromatic N) is 2. The molecule has 2 aromatic heterocycles. The Hall–Kier alpha value is -4.30. The van der Waals surface area contributed by atoms with Crippen LogP contribution in [-0.4, -0.2) is 0 Å². The van der Waals surface area contributed by atoms with Crippen LogP contribution in [0, 0.1) is 0 Å². The van der Waals surface area contributed by atoms with Gasteiger partial charge < -0.3 is 0 Å². The number of hydrogen-bond donors (Lipinski definition) is 0. The van der Waals surface area contributed by atoms with Gasteiger partial charge in [-0.2, -0.15) is 0 Å². The van der Waals surface area contributed by atoms with Gasteiger partial charge in [0, 0.05) is 24.3 Å². The number of benzene rings is 4. The van der Waals surface area contributed by atoms with E-state index in [-0.39, 0.29) is 0 Å². The van der Waals surface area contributed by atoms with E-state index in [1.54, 1.807) is 0 Å². The van der Waals surface area contributed by atoms with Crippen molar-refractivity contribution in [2.75, 3.05) is 0 Å². The maximum Gasteiger partial charge on any atom is 0.169 e. The SMILES string of the molecule is CCCCc1cc(/C=C/c2cc[n+](C)cc2)c2ccc3c(CCCC)cc(/C=C/c4cc[n+](C)cc4)c4ccc1c2c43. The molecule has 0 unspecified atom stereocenters. The molecular weight excluding hydrogens is 508 g/mol. The van der Waals surface area contributed by atoms with Crippen LogP contribution in [0.4, 0.5) is 0 Å². The van der Waals surface area contributed by atoms with Crippen molar-refractivity contribution in [1.82, 2.24) is 0 Å². The van der Waals surface area contributed by atoms with Gasteiger partial charge in [-0.25, -0.2) is 9.13 Å². The van der Waals surface area contributed by atoms with Crippen molar-refractivity contribution >= 4 is 56.6 Å². The van der Waals surface area contributed by atoms with E-state index >= 15 is 0 Å². The van der Waals surface area contributed by atoms with Gasteiger partial charge in [0.25, 0.3) is 0 Å². The van der Waals surface area contributed by atoms with E-state index in [2.05, 4.69) is 147 Å². The van der Waals surface area contributed by atoms with Crippen molar-refractivity contribution in [3.8, 4) is 0 Å². The first-order chi connectivity index (χ1) is 20.6. The van der Waals surface area contributed by atoms with Gasteiger partial charge >= 0.3 is 0 Å². The summed E-state index contributed by atoms with van der Waals surface area (Å²) in [6.45, 7) is 4.58. The van der Waals surface area contributed by atoms with Crippen molar-refractivity contribution in [3.63, 3.8) is 0 Å². The largest absolute Gasteiger partial charge is 0.208 e. The first kappa shape index (κ1) is 27.8. The number of aryl methyl sites for hydroxylation is 4. The molecule has 6 rings (SSSR count). The molecule has 0 aliphatic heterocycles. The Labute approximate surface area is 250 Å². The summed E-state index contributed by atoms with van der Waals surface area (Å²) >= 11 is 0. The van der Waals surface area contributed by atoms with Crippen molar-refractivity contribution in [2.45, 2.75) is 52.4 Å². The van der Waals surface area contributed by atoms with Gasteiger partial charge in [-0.05, 0) is 91.4 Å². The molecule has 2 heteroatoms. The Kier molecular flexibility index (Phi) is 8.15. The molecule has 0 N–H and O–H groups in total. The molecule has 0 aliphatic rings. The summed E-state index contributed by atoms with van der Waals surface area (Å²) < 4.78 is 4.16. The molecule has 0 amide bonds. The van der Waals surface area contributed by atoms with E-state index in [1.807, 2.05) is 0 Å². The minimum Gasteiger partial charge on any atom is -0.208 e. The van der Waals surface area contributed by atoms with Crippen molar-refractivity contribution in [1.29, 1.82) is 0 Å². The average Bonchev–Trinajstić information content (AvgIpc) is 3.02. The molecule has 210 valence electrons. The van der Waals surface area contributed by atoms with Gasteiger partial charge in [0.1, 0.15) is 14.1 Å². The van der Waals surface area contributed by atoms with Crippen LogP contribution in [-0.2, 0) is 26.9 Å². The standard InChI is InChI=1S/C40H42N2/c1-5-7-9-31-27-33(13-11-29-19-23-41(3)24-20-29)37-18-16-36-32(10-8-6-2)28-34(14-12-30-21-25-42(4)26-22-30)38-17-15-35(31)39(37)40(36)38/h11-28H,5-10H2,1-4H3/q+2/b13-11+,14-12+. The van der Waals surface area contributed by atoms with Gasteiger partial charge in [0.05, 0.1) is 0 Å². The lowest BCUT2D eigenvalue weighted by Gasteiger charge is -2.19. The molecule has 0 bridgehead atoms. The van der Waals surface area contributed by atoms with Crippen molar-refractivity contribution in [2.24, 2.45) is 14.1 Å². The Bertz CT molecular complexity index is 1750. The molecule has 2 heterocycles. The fourth-order valence-corrected chi connectivity index (χ4v) is 6.24. The molecule has 42 heavy (non-hydrogen) atoms. The topological polar surface area (TPSA) is 7.76 Å². The highest BCUT2D eigenvalue weighted by molar-refractivity contribution is 6.27. The highest BCUT2D eigenvalue weighted by Crippen LogP contribution is 2.42. The second kappa shape index (κ2) is 12.3. The molecule has 2 nitrogen and oxygen atoms in total. The second-order valence-electron chi connectivity index (χ2n) is 11.8. The molecule has 0 fully saturated rings. The number of unbranched alkanes of at least 4 members (excludes halogenated alkanes) is 2. The van der Waals surface area contributed by atoms with Crippen LogP contribution < -0.4 is 9.13 Å². The summed E-state index contributed by atoms with van der Waals surface area (Å²) in [6, 6.07) is 23.2. The Morgan fingerprint density at radius 3 is 1.26 bits per heavy atom. The van der Waals surface area contributed by atoms with Crippen LogP contribution in [0.5, 0.6) is 0 Å². The van der Waals surface area contributed by atoms with Gasteiger partial charge in [0.15, 0.2) is 24.8 Å². The van der Waals surface area contributed by atoms with Crippen LogP contribution in [0.25, 0.3) is 56.6 Å². The highest BCUT2D eigenvalue weighted by atomic mass is 14.9. The third-order valence-corrected chi connectivity index (χ3v) is 8.65. The second-order valence-corrected chi connectivity index (χ2v) is 11.8. The zero-order valence-corrected chi connectivity index (χ0v) is 25.5. The first-order valence-corrected chi connectivity index (χ1v) is 15.6. The maximum absolute atomic E-state index is 2.45. The van der Waals surface area contributed by atoms with Crippen molar-refractivity contribution in [3.05, 3.63) is 119 Å². The third kappa shape index (κ3) is 5.59. The molecule has 0 atom stereocenters. The number of hydrogen-bond acceptors (Lipinski definition) is 0. The van der Waals surface area contributed by atoms with Crippen LogP contribution in [0.15, 0.2) is 85.5 Å². The molecule has 0 saturated heterocycles. The summed E-state index contributed by atoms with van der Waals surface area (Å²) in [5.74, 6) is 0. The summed E-state index contributed by atoms with van der Waals surface area (Å²) in [5.41, 5.74) is 7.99. The normalized spacial score (nSPS) is 12.2. The van der Waals surface area contributed by atoms with Crippen LogP contribution in [0.2, 0.25) is 0 Å². The number of pyridine rings is 2. The summed E-state index contributed by atoms with van der Waals surface area (Å²) in [7, 11) is 4.12. The van der Waals surface area contributed by atoms with Gasteiger partial charge in [-0.1, -0.05) is 87.4 Å². The lowest BCUT2D eigenvalue weighted by atomic mass is 9.84. The Morgan fingerprint density at radius 2 is 0.881 bits per heavy atom. The smallest absolute Gasteiger partial charge is 0.169 e. The zero-order valence-electron chi connectivity index (χ0n) is 25.5. The minimum atomic E-state index is 1.10. The maximum atomic E-state index is 2.45. The van der Waals surface area contributed by atoms with Gasteiger partial charge in [-0.15, -0.1) is 0 Å². The molecule has 4 aromatic carbocycles. The van der Waals surface area contributed by atoms with E-state index in [0.29, 0.717) is 0 Å². The van der Waals surface area contributed by atoms with E-state index in [9.17, 15) is 0 Å². The minimum absolute atomic E-state index is 1.10. The fourth-order valence-electron chi connectivity index (χ4n) is 6.24. The van der Waals surface area contributed by atoms with Crippen LogP contribution in [0.3, 0.4) is 0 Å². The van der Waals surface area contributed by atoms with E-state index < -0.39 is 0 Å². The highest BCUT2D eigenvalue weighted by Gasteiger charge is 2.17. The van der Waals surface area contributed by atoms with Crippen molar-refractivity contribution < 1.29 is 9.13 Å². The van der Waals surface area contributed by atoms with E-state index in [1.165, 1.54) is 91.4 Å². The first-order valence-electron chi connectivity index (χ1n) is 15.6.